The van der Waals surface area contributed by atoms with Gasteiger partial charge in [-0.15, -0.1) is 0 Å². The number of aliphatic imine (C=N–C) groups is 1. The molecule has 120 valence electrons. The van der Waals surface area contributed by atoms with Crippen LogP contribution in [0.1, 0.15) is 16.1 Å². The Bertz CT molecular complexity index is 810. The van der Waals surface area contributed by atoms with Gasteiger partial charge in [-0.3, -0.25) is 4.98 Å². The summed E-state index contributed by atoms with van der Waals surface area (Å²) in [6, 6.07) is 2.32. The predicted molar refractivity (Wildman–Crippen MR) is 67.8 cm³/mol. The minimum Gasteiger partial charge on any atom is -0.478 e. The molecule has 0 saturated heterocycles. The second kappa shape index (κ2) is 5.99. The van der Waals surface area contributed by atoms with Crippen LogP contribution >= 0.6 is 0 Å². The third-order valence-electron chi connectivity index (χ3n) is 2.70. The highest BCUT2D eigenvalue weighted by Crippen LogP contribution is 2.29. The summed E-state index contributed by atoms with van der Waals surface area (Å²) in [6.07, 6.45) is 1.11. The normalized spacial score (nSPS) is 11.6. The third-order valence-corrected chi connectivity index (χ3v) is 2.70. The number of aromatic carboxylic acids is 1. The van der Waals surface area contributed by atoms with Crippen LogP contribution in [-0.2, 0) is 0 Å². The number of carboxylic acid groups (broad SMARTS) is 1. The maximum absolute atomic E-state index is 13.5. The number of halogens is 5. The molecule has 0 saturated carbocycles. The minimum absolute atomic E-state index is 0.461. The van der Waals surface area contributed by atoms with Gasteiger partial charge in [0.15, 0.2) is 29.1 Å². The first-order chi connectivity index (χ1) is 10.8. The van der Waals surface area contributed by atoms with E-state index in [1.54, 1.807) is 0 Å². The SMILES string of the molecule is NC(=Nc1c(F)c(F)c(F)c(F)c1F)c1ncccc1C(=O)O. The zero-order chi connectivity index (χ0) is 17.3. The van der Waals surface area contributed by atoms with Crippen LogP contribution < -0.4 is 5.73 Å². The summed E-state index contributed by atoms with van der Waals surface area (Å²) in [5.74, 6) is -13.4. The van der Waals surface area contributed by atoms with Crippen molar-refractivity contribution in [3.63, 3.8) is 0 Å². The molecule has 0 bridgehead atoms. The molecule has 2 aromatic rings. The number of hydrogen-bond acceptors (Lipinski definition) is 3. The second-order valence-corrected chi connectivity index (χ2v) is 4.12. The molecule has 1 aromatic carbocycles. The number of amidine groups is 1. The van der Waals surface area contributed by atoms with Crippen molar-refractivity contribution in [1.82, 2.24) is 4.98 Å². The Balaban J connectivity index is 2.67. The molecule has 0 aliphatic carbocycles. The van der Waals surface area contributed by atoms with Crippen molar-refractivity contribution in [2.75, 3.05) is 0 Å². The average molecular weight is 331 g/mol. The number of aromatic nitrogens is 1. The molecule has 0 atom stereocenters. The fourth-order valence-electron chi connectivity index (χ4n) is 1.65. The molecule has 10 heteroatoms. The third kappa shape index (κ3) is 2.82. The second-order valence-electron chi connectivity index (χ2n) is 4.12. The van der Waals surface area contributed by atoms with Crippen molar-refractivity contribution in [3.05, 3.63) is 58.7 Å². The van der Waals surface area contributed by atoms with Crippen molar-refractivity contribution in [2.24, 2.45) is 10.7 Å². The summed E-state index contributed by atoms with van der Waals surface area (Å²) in [7, 11) is 0. The van der Waals surface area contributed by atoms with Crippen LogP contribution in [0.5, 0.6) is 0 Å². The molecule has 0 unspecified atom stereocenters. The van der Waals surface area contributed by atoms with E-state index < -0.39 is 57.8 Å². The van der Waals surface area contributed by atoms with E-state index >= 15 is 0 Å². The summed E-state index contributed by atoms with van der Waals surface area (Å²) in [4.78, 5) is 17.7. The lowest BCUT2D eigenvalue weighted by atomic mass is 10.2. The molecular weight excluding hydrogens is 325 g/mol. The van der Waals surface area contributed by atoms with E-state index in [0.29, 0.717) is 0 Å². The van der Waals surface area contributed by atoms with Crippen molar-refractivity contribution < 1.29 is 31.9 Å². The molecule has 1 heterocycles. The number of nitrogens with zero attached hydrogens (tertiary/aromatic N) is 2. The van der Waals surface area contributed by atoms with Gasteiger partial charge in [-0.05, 0) is 12.1 Å². The van der Waals surface area contributed by atoms with E-state index in [4.69, 9.17) is 10.8 Å². The Hall–Kier alpha value is -3.04. The molecule has 0 amide bonds. The number of carboxylic acids is 1. The lowest BCUT2D eigenvalue weighted by molar-refractivity contribution is 0.0696. The highest BCUT2D eigenvalue weighted by Gasteiger charge is 2.26. The number of pyridine rings is 1. The maximum atomic E-state index is 13.5. The van der Waals surface area contributed by atoms with Gasteiger partial charge in [-0.2, -0.15) is 0 Å². The quantitative estimate of drug-likeness (QED) is 0.297. The van der Waals surface area contributed by atoms with Crippen LogP contribution in [0.3, 0.4) is 0 Å². The Morgan fingerprint density at radius 2 is 1.57 bits per heavy atom. The fraction of sp³-hybridized carbons (Fsp3) is 0. The molecule has 0 aliphatic rings. The van der Waals surface area contributed by atoms with Gasteiger partial charge < -0.3 is 10.8 Å². The van der Waals surface area contributed by atoms with Gasteiger partial charge in [0.05, 0.1) is 5.56 Å². The fourth-order valence-corrected chi connectivity index (χ4v) is 1.65. The molecule has 0 radical (unpaired) electrons. The standard InChI is InChI=1S/C13H6F5N3O2/c14-5-6(15)8(17)11(9(18)7(5)16)21-12(19)10-4(13(22)23)2-1-3-20-10/h1-3H,(H2,19,21)(H,22,23). The molecule has 23 heavy (non-hydrogen) atoms. The molecule has 0 fully saturated rings. The molecule has 3 N–H and O–H groups in total. The molecule has 0 aliphatic heterocycles. The number of hydrogen-bond donors (Lipinski definition) is 2. The minimum atomic E-state index is -2.35. The molecular formula is C13H6F5N3O2. The Morgan fingerprint density at radius 3 is 2.09 bits per heavy atom. The number of benzene rings is 1. The van der Waals surface area contributed by atoms with Crippen molar-refractivity contribution in [3.8, 4) is 0 Å². The lowest BCUT2D eigenvalue weighted by Gasteiger charge is -2.07. The highest BCUT2D eigenvalue weighted by molar-refractivity contribution is 6.06. The van der Waals surface area contributed by atoms with E-state index in [-0.39, 0.29) is 0 Å². The Morgan fingerprint density at radius 1 is 1.04 bits per heavy atom. The largest absolute Gasteiger partial charge is 0.478 e. The smallest absolute Gasteiger partial charge is 0.338 e. The first kappa shape index (κ1) is 16.3. The first-order valence-electron chi connectivity index (χ1n) is 5.80. The summed E-state index contributed by atoms with van der Waals surface area (Å²) >= 11 is 0. The van der Waals surface area contributed by atoms with E-state index in [2.05, 4.69) is 9.98 Å². The van der Waals surface area contributed by atoms with E-state index in [0.717, 1.165) is 12.3 Å². The van der Waals surface area contributed by atoms with Crippen LogP contribution in [0.15, 0.2) is 23.3 Å². The van der Waals surface area contributed by atoms with Crippen LogP contribution in [0.25, 0.3) is 0 Å². The molecule has 2 rings (SSSR count). The van der Waals surface area contributed by atoms with E-state index in [1.807, 2.05) is 0 Å². The van der Waals surface area contributed by atoms with Gasteiger partial charge in [0, 0.05) is 6.20 Å². The Labute approximate surface area is 124 Å². The van der Waals surface area contributed by atoms with E-state index in [9.17, 15) is 26.7 Å². The summed E-state index contributed by atoms with van der Waals surface area (Å²) in [6.45, 7) is 0. The van der Waals surface area contributed by atoms with Gasteiger partial charge >= 0.3 is 5.97 Å². The number of carbonyl (C=O) groups is 1. The van der Waals surface area contributed by atoms with Gasteiger partial charge in [-0.1, -0.05) is 0 Å². The monoisotopic (exact) mass is 331 g/mol. The van der Waals surface area contributed by atoms with E-state index in [1.165, 1.54) is 6.07 Å². The van der Waals surface area contributed by atoms with Crippen molar-refractivity contribution in [1.29, 1.82) is 0 Å². The predicted octanol–water partition coefficient (Wildman–Crippen LogP) is 2.51. The highest BCUT2D eigenvalue weighted by atomic mass is 19.2. The lowest BCUT2D eigenvalue weighted by Crippen LogP contribution is -2.19. The average Bonchev–Trinajstić information content (AvgIpc) is 2.54. The van der Waals surface area contributed by atoms with Crippen molar-refractivity contribution >= 4 is 17.5 Å². The molecule has 5 nitrogen and oxygen atoms in total. The van der Waals surface area contributed by atoms with Gasteiger partial charge in [0.1, 0.15) is 11.4 Å². The summed E-state index contributed by atoms with van der Waals surface area (Å²) in [5.41, 5.74) is 2.91. The molecule has 1 aromatic heterocycles. The van der Waals surface area contributed by atoms with Crippen LogP contribution in [0, 0.1) is 29.1 Å². The Kier molecular flexibility index (Phi) is 4.25. The zero-order valence-corrected chi connectivity index (χ0v) is 10.9. The van der Waals surface area contributed by atoms with Gasteiger partial charge in [0.2, 0.25) is 5.82 Å². The van der Waals surface area contributed by atoms with Crippen LogP contribution in [0.2, 0.25) is 0 Å². The molecule has 0 spiro atoms. The van der Waals surface area contributed by atoms with Crippen LogP contribution in [0.4, 0.5) is 27.6 Å². The number of rotatable bonds is 3. The maximum Gasteiger partial charge on any atom is 0.338 e. The first-order valence-corrected chi connectivity index (χ1v) is 5.80. The van der Waals surface area contributed by atoms with Gasteiger partial charge in [0.25, 0.3) is 0 Å². The van der Waals surface area contributed by atoms with Crippen molar-refractivity contribution in [2.45, 2.75) is 0 Å². The summed E-state index contributed by atoms with van der Waals surface area (Å²) in [5, 5.41) is 8.95. The summed E-state index contributed by atoms with van der Waals surface area (Å²) < 4.78 is 66.1. The zero-order valence-electron chi connectivity index (χ0n) is 10.9. The topological polar surface area (TPSA) is 88.6 Å². The van der Waals surface area contributed by atoms with Gasteiger partial charge in [-0.25, -0.2) is 31.7 Å². The number of nitrogens with two attached hydrogens (primary N) is 1. The van der Waals surface area contributed by atoms with Crippen LogP contribution in [-0.4, -0.2) is 21.9 Å².